The lowest BCUT2D eigenvalue weighted by Crippen LogP contribution is -2.49. The minimum Gasteiger partial charge on any atom is -0.481 e. The molecule has 0 aromatic rings. The number of hydrogen-bond donors (Lipinski definition) is 2. The van der Waals surface area contributed by atoms with Crippen molar-refractivity contribution in [2.45, 2.75) is 45.6 Å². The highest BCUT2D eigenvalue weighted by Gasteiger charge is 2.27. The van der Waals surface area contributed by atoms with Crippen LogP contribution < -0.4 is 0 Å². The molecule has 0 aromatic carbocycles. The Morgan fingerprint density at radius 2 is 1.84 bits per heavy atom. The van der Waals surface area contributed by atoms with Crippen LogP contribution in [-0.2, 0) is 4.79 Å². The molecule has 2 atom stereocenters. The molecule has 2 unspecified atom stereocenters. The van der Waals surface area contributed by atoms with Crippen molar-refractivity contribution in [2.75, 3.05) is 27.2 Å². The number of aliphatic hydroxyl groups is 1. The number of carboxylic acid groups (broad SMARTS) is 1. The van der Waals surface area contributed by atoms with Crippen LogP contribution in [0.2, 0.25) is 0 Å². The lowest BCUT2D eigenvalue weighted by molar-refractivity contribution is -0.895. The smallest absolute Gasteiger partial charge is 0.312 e. The molecule has 0 fully saturated rings. The Bertz CT molecular complexity index is 287. The highest BCUT2D eigenvalue weighted by Crippen LogP contribution is 2.12. The van der Waals surface area contributed by atoms with Gasteiger partial charge in [0.1, 0.15) is 18.6 Å². The Morgan fingerprint density at radius 3 is 2.32 bits per heavy atom. The largest absolute Gasteiger partial charge is 0.481 e. The van der Waals surface area contributed by atoms with Crippen molar-refractivity contribution in [3.63, 3.8) is 0 Å². The topological polar surface area (TPSA) is 57.5 Å². The molecule has 19 heavy (non-hydrogen) atoms. The third-order valence-electron chi connectivity index (χ3n) is 3.29. The van der Waals surface area contributed by atoms with Crippen molar-refractivity contribution in [2.24, 2.45) is 5.92 Å². The van der Waals surface area contributed by atoms with Gasteiger partial charge in [0.15, 0.2) is 0 Å². The molecule has 0 heterocycles. The summed E-state index contributed by atoms with van der Waals surface area (Å²) < 4.78 is 0.535. The van der Waals surface area contributed by atoms with Crippen LogP contribution in [0.3, 0.4) is 0 Å². The third kappa shape index (κ3) is 8.78. The average molecular weight is 272 g/mol. The standard InChI is InChI=1S/C15H29NO3/c1-5-7-8-9-10-14(17)12-16(3,4)11-13(6-2)15(18)19/h8-9,13-14,17H,5-7,10-12H2,1-4H3/p+1/b9-8+. The van der Waals surface area contributed by atoms with E-state index in [9.17, 15) is 9.90 Å². The summed E-state index contributed by atoms with van der Waals surface area (Å²) in [6, 6.07) is 0. The predicted octanol–water partition coefficient (Wildman–Crippen LogP) is 2.28. The Kier molecular flexibility index (Phi) is 8.68. The van der Waals surface area contributed by atoms with Gasteiger partial charge in [0.2, 0.25) is 0 Å². The Labute approximate surface area is 117 Å². The van der Waals surface area contributed by atoms with Crippen molar-refractivity contribution >= 4 is 5.97 Å². The fourth-order valence-corrected chi connectivity index (χ4v) is 2.24. The van der Waals surface area contributed by atoms with E-state index in [-0.39, 0.29) is 5.92 Å². The first kappa shape index (κ1) is 18.1. The fraction of sp³-hybridized carbons (Fsp3) is 0.800. The first-order valence-corrected chi connectivity index (χ1v) is 7.20. The van der Waals surface area contributed by atoms with Crippen LogP contribution in [0.1, 0.15) is 39.5 Å². The summed E-state index contributed by atoms with van der Waals surface area (Å²) in [5, 5.41) is 19.1. The molecule has 4 nitrogen and oxygen atoms in total. The molecular formula is C15H30NO3+. The number of carbonyl (C=O) groups is 1. The molecular weight excluding hydrogens is 242 g/mol. The maximum absolute atomic E-state index is 11.1. The summed E-state index contributed by atoms with van der Waals surface area (Å²) in [4.78, 5) is 11.1. The van der Waals surface area contributed by atoms with E-state index in [1.807, 2.05) is 27.1 Å². The monoisotopic (exact) mass is 272 g/mol. The van der Waals surface area contributed by atoms with Gasteiger partial charge in [0.05, 0.1) is 20.6 Å². The number of quaternary nitrogens is 1. The first-order valence-electron chi connectivity index (χ1n) is 7.20. The first-order chi connectivity index (χ1) is 8.82. The van der Waals surface area contributed by atoms with Crippen LogP contribution in [0.25, 0.3) is 0 Å². The zero-order chi connectivity index (χ0) is 14.9. The molecule has 0 aliphatic rings. The van der Waals surface area contributed by atoms with E-state index >= 15 is 0 Å². The van der Waals surface area contributed by atoms with Crippen LogP contribution in [0.4, 0.5) is 0 Å². The molecule has 0 aromatic heterocycles. The van der Waals surface area contributed by atoms with Crippen LogP contribution >= 0.6 is 0 Å². The van der Waals surface area contributed by atoms with Crippen molar-refractivity contribution in [3.05, 3.63) is 12.2 Å². The zero-order valence-electron chi connectivity index (χ0n) is 12.8. The van der Waals surface area contributed by atoms with E-state index in [1.165, 1.54) is 0 Å². The molecule has 0 amide bonds. The number of rotatable bonds is 10. The van der Waals surface area contributed by atoms with Crippen molar-refractivity contribution in [3.8, 4) is 0 Å². The summed E-state index contributed by atoms with van der Waals surface area (Å²) in [5.74, 6) is -1.08. The number of aliphatic carboxylic acids is 1. The van der Waals surface area contributed by atoms with E-state index < -0.39 is 12.1 Å². The molecule has 4 heteroatoms. The lowest BCUT2D eigenvalue weighted by Gasteiger charge is -2.33. The quantitative estimate of drug-likeness (QED) is 0.474. The Balaban J connectivity index is 4.22. The van der Waals surface area contributed by atoms with Crippen molar-refractivity contribution < 1.29 is 19.5 Å². The second kappa shape index (κ2) is 9.10. The van der Waals surface area contributed by atoms with Gasteiger partial charge >= 0.3 is 5.97 Å². The molecule has 0 bridgehead atoms. The molecule has 0 radical (unpaired) electrons. The Hall–Kier alpha value is -0.870. The van der Waals surface area contributed by atoms with Crippen LogP contribution in [-0.4, -0.2) is 54.0 Å². The summed E-state index contributed by atoms with van der Waals surface area (Å²) in [5.41, 5.74) is 0. The second-order valence-corrected chi connectivity index (χ2v) is 5.89. The zero-order valence-corrected chi connectivity index (χ0v) is 12.8. The number of nitrogens with zero attached hydrogens (tertiary/aromatic N) is 1. The summed E-state index contributed by atoms with van der Waals surface area (Å²) in [6.45, 7) is 5.15. The van der Waals surface area contributed by atoms with Crippen LogP contribution in [0.15, 0.2) is 12.2 Å². The van der Waals surface area contributed by atoms with E-state index in [1.54, 1.807) is 0 Å². The van der Waals surface area contributed by atoms with Gasteiger partial charge in [-0.3, -0.25) is 4.79 Å². The average Bonchev–Trinajstić information content (AvgIpc) is 2.30. The maximum Gasteiger partial charge on any atom is 0.312 e. The number of likely N-dealkylation sites (N-methyl/N-ethyl adjacent to an activating group) is 1. The van der Waals surface area contributed by atoms with Gasteiger partial charge in [-0.25, -0.2) is 0 Å². The molecule has 112 valence electrons. The van der Waals surface area contributed by atoms with Gasteiger partial charge in [0.25, 0.3) is 0 Å². The van der Waals surface area contributed by atoms with Crippen molar-refractivity contribution in [1.82, 2.24) is 0 Å². The normalized spacial score (nSPS) is 15.6. The van der Waals surface area contributed by atoms with Crippen molar-refractivity contribution in [1.29, 1.82) is 0 Å². The second-order valence-electron chi connectivity index (χ2n) is 5.89. The van der Waals surface area contributed by atoms with Gasteiger partial charge < -0.3 is 14.7 Å². The van der Waals surface area contributed by atoms with Crippen LogP contribution in [0, 0.1) is 5.92 Å². The minimum atomic E-state index is -0.744. The highest BCUT2D eigenvalue weighted by molar-refractivity contribution is 5.69. The summed E-state index contributed by atoms with van der Waals surface area (Å²) in [6.07, 6.45) is 7.13. The van der Waals surface area contributed by atoms with Gasteiger partial charge in [-0.05, 0) is 19.3 Å². The number of hydrogen-bond acceptors (Lipinski definition) is 2. The molecule has 0 saturated carbocycles. The molecule has 2 N–H and O–H groups in total. The fourth-order valence-electron chi connectivity index (χ4n) is 2.24. The minimum absolute atomic E-state index is 0.335. The lowest BCUT2D eigenvalue weighted by atomic mass is 10.0. The van der Waals surface area contributed by atoms with Gasteiger partial charge in [-0.15, -0.1) is 0 Å². The number of aliphatic hydroxyl groups excluding tert-OH is 1. The SMILES string of the molecule is CCC/C=C/CC(O)C[N+](C)(C)CC(CC)C(=O)O. The van der Waals surface area contributed by atoms with Gasteiger partial charge in [-0.2, -0.15) is 0 Å². The third-order valence-corrected chi connectivity index (χ3v) is 3.29. The number of allylic oxidation sites excluding steroid dienone is 1. The maximum atomic E-state index is 11.1. The van der Waals surface area contributed by atoms with E-state index in [0.29, 0.717) is 30.4 Å². The van der Waals surface area contributed by atoms with E-state index in [0.717, 1.165) is 12.8 Å². The molecule has 0 saturated heterocycles. The molecule has 0 rings (SSSR count). The van der Waals surface area contributed by atoms with Crippen LogP contribution in [0.5, 0.6) is 0 Å². The number of unbranched alkanes of at least 4 members (excludes halogenated alkanes) is 1. The highest BCUT2D eigenvalue weighted by atomic mass is 16.4. The van der Waals surface area contributed by atoms with E-state index in [2.05, 4.69) is 13.0 Å². The summed E-state index contributed by atoms with van der Waals surface area (Å²) in [7, 11) is 3.95. The number of carboxylic acids is 1. The van der Waals surface area contributed by atoms with Gasteiger partial charge in [0, 0.05) is 0 Å². The van der Waals surface area contributed by atoms with E-state index in [4.69, 9.17) is 5.11 Å². The van der Waals surface area contributed by atoms with Gasteiger partial charge in [-0.1, -0.05) is 32.4 Å². The molecule has 0 aliphatic carbocycles. The summed E-state index contributed by atoms with van der Waals surface area (Å²) >= 11 is 0. The molecule has 0 aliphatic heterocycles. The Morgan fingerprint density at radius 1 is 1.21 bits per heavy atom. The predicted molar refractivity (Wildman–Crippen MR) is 77.9 cm³/mol. The molecule has 0 spiro atoms.